The van der Waals surface area contributed by atoms with Crippen molar-refractivity contribution in [3.05, 3.63) is 29.8 Å². The topological polar surface area (TPSA) is 462 Å². The van der Waals surface area contributed by atoms with Crippen molar-refractivity contribution in [2.45, 2.75) is 154 Å². The predicted octanol–water partition coefficient (Wildman–Crippen LogP) is -3.28. The molecule has 0 aliphatic heterocycles. The van der Waals surface area contributed by atoms with E-state index in [0.717, 1.165) is 0 Å². The minimum atomic E-state index is -1.51. The molecule has 9 atom stereocenters. The Hall–Kier alpha value is -6.80. The fourth-order valence-electron chi connectivity index (χ4n) is 7.19. The van der Waals surface area contributed by atoms with Crippen LogP contribution < -0.4 is 71.6 Å². The number of aliphatic carboxylic acids is 1. The number of aromatic hydroxyl groups is 1. The molecule has 73 heavy (non-hydrogen) atoms. The number of guanidine groups is 2. The summed E-state index contributed by atoms with van der Waals surface area (Å²) in [6.45, 7) is 10.00. The number of aliphatic hydroxyl groups excluding tert-OH is 1. The van der Waals surface area contributed by atoms with Crippen molar-refractivity contribution in [1.82, 2.24) is 37.2 Å². The molecule has 412 valence electrons. The summed E-state index contributed by atoms with van der Waals surface area (Å²) < 4.78 is 0. The lowest BCUT2D eigenvalue weighted by atomic mass is 9.99. The van der Waals surface area contributed by atoms with Crippen LogP contribution in [0.5, 0.6) is 5.75 Å². The first-order chi connectivity index (χ1) is 34.3. The maximum atomic E-state index is 14.3. The Morgan fingerprint density at radius 3 is 1.49 bits per heavy atom. The molecule has 0 fully saturated rings. The summed E-state index contributed by atoms with van der Waals surface area (Å²) in [6, 6.07) is -4.75. The number of nitrogens with zero attached hydrogens (tertiary/aromatic N) is 2. The molecule has 26 heteroatoms. The second-order valence-corrected chi connectivity index (χ2v) is 18.7. The van der Waals surface area contributed by atoms with E-state index in [4.69, 9.17) is 34.4 Å². The second kappa shape index (κ2) is 33.8. The number of hydrogen-bond acceptors (Lipinski definition) is 14. The van der Waals surface area contributed by atoms with Gasteiger partial charge in [0.05, 0.1) is 12.6 Å². The number of nitrogens with one attached hydrogen (secondary N) is 7. The number of carbonyl (C=O) groups excluding carboxylic acids is 7. The standard InChI is InChI=1S/C47H83N15O11/c1-7-27(6)36(49)43(70)61-35(24-63)42(69)60-34(23-28-15-17-29(64)18-16-28)41(68)59-33(22-25(2)3)40(67)56-31(14-11-21-55-47(52)53)39(66)62-37(26(4)5)44(71)57-30(13-10-20-54-46(50)51)38(65)58-32(45(72)73)12-8-9-19-48/h15-18,25-27,30-37,63-64H,7-14,19-24,48-49H2,1-6H3,(H,56,67)(H,57,71)(H,58,65)(H,59,68)(H,60,69)(H,61,70)(H,62,66)(H,72,73)(H4,50,51,54)(H4,52,53,55)/t27-,30-,31-,32-,33-,34-,35-,36-,37-/m0/s1. The van der Waals surface area contributed by atoms with E-state index >= 15 is 0 Å². The molecule has 0 saturated carbocycles. The number of aliphatic imine (C=N–C) groups is 2. The number of phenolic OH excluding ortho intramolecular Hbond substituents is 1. The maximum absolute atomic E-state index is 14.3. The van der Waals surface area contributed by atoms with Crippen LogP contribution in [0.1, 0.15) is 105 Å². The lowest BCUT2D eigenvalue weighted by molar-refractivity contribution is -0.142. The molecule has 1 rings (SSSR count). The van der Waals surface area contributed by atoms with Gasteiger partial charge < -0.3 is 86.9 Å². The average molecular weight is 1030 g/mol. The third-order valence-electron chi connectivity index (χ3n) is 11.7. The zero-order valence-electron chi connectivity index (χ0n) is 43.0. The van der Waals surface area contributed by atoms with Crippen molar-refractivity contribution in [3.8, 4) is 5.75 Å². The quantitative estimate of drug-likeness (QED) is 0.0180. The molecular formula is C47H83N15O11. The molecule has 0 heterocycles. The number of benzene rings is 1. The Morgan fingerprint density at radius 2 is 1.01 bits per heavy atom. The molecule has 0 aliphatic carbocycles. The summed E-state index contributed by atoms with van der Waals surface area (Å²) in [5.74, 6) is -8.61. The van der Waals surface area contributed by atoms with Crippen LogP contribution in [-0.4, -0.2) is 149 Å². The molecule has 1 aromatic rings. The first kappa shape index (κ1) is 64.2. The van der Waals surface area contributed by atoms with Crippen molar-refractivity contribution in [2.24, 2.45) is 62.1 Å². The second-order valence-electron chi connectivity index (χ2n) is 18.7. The van der Waals surface area contributed by atoms with E-state index < -0.39 is 108 Å². The summed E-state index contributed by atoms with van der Waals surface area (Å²) >= 11 is 0. The first-order valence-corrected chi connectivity index (χ1v) is 24.7. The van der Waals surface area contributed by atoms with Gasteiger partial charge in [-0.1, -0.05) is 60.1 Å². The van der Waals surface area contributed by atoms with E-state index in [9.17, 15) is 53.7 Å². The first-order valence-electron chi connectivity index (χ1n) is 24.7. The minimum Gasteiger partial charge on any atom is -0.508 e. The van der Waals surface area contributed by atoms with E-state index in [1.165, 1.54) is 24.3 Å². The molecule has 0 unspecified atom stereocenters. The Labute approximate surface area is 427 Å². The van der Waals surface area contributed by atoms with E-state index in [2.05, 4.69) is 47.2 Å². The van der Waals surface area contributed by atoms with Crippen LogP contribution in [0, 0.1) is 17.8 Å². The molecule has 0 aliphatic rings. The molecule has 0 radical (unpaired) electrons. The van der Waals surface area contributed by atoms with Gasteiger partial charge in [0.2, 0.25) is 41.4 Å². The lowest BCUT2D eigenvalue weighted by Gasteiger charge is -2.29. The van der Waals surface area contributed by atoms with Gasteiger partial charge in [0, 0.05) is 19.5 Å². The molecule has 7 amide bonds. The zero-order valence-corrected chi connectivity index (χ0v) is 43.0. The van der Waals surface area contributed by atoms with Crippen molar-refractivity contribution >= 4 is 59.2 Å². The third kappa shape index (κ3) is 24.9. The fraction of sp³-hybridized carbons (Fsp3) is 0.660. The summed E-state index contributed by atoms with van der Waals surface area (Å²) in [5.41, 5.74) is 34.0. The normalized spacial score (nSPS) is 14.8. The van der Waals surface area contributed by atoms with E-state index in [0.29, 0.717) is 31.4 Å². The number of rotatable bonds is 35. The van der Waals surface area contributed by atoms with Crippen LogP contribution in [0.3, 0.4) is 0 Å². The minimum absolute atomic E-state index is 0.0279. The molecule has 0 bridgehead atoms. The predicted molar refractivity (Wildman–Crippen MR) is 274 cm³/mol. The highest BCUT2D eigenvalue weighted by Gasteiger charge is 2.35. The van der Waals surface area contributed by atoms with Crippen LogP contribution in [0.4, 0.5) is 0 Å². The van der Waals surface area contributed by atoms with Crippen LogP contribution in [0.15, 0.2) is 34.3 Å². The number of nitrogens with two attached hydrogens (primary N) is 6. The highest BCUT2D eigenvalue weighted by atomic mass is 16.4. The molecule has 1 aromatic carbocycles. The lowest BCUT2D eigenvalue weighted by Crippen LogP contribution is -2.61. The number of unbranched alkanes of at least 4 members (excludes halogenated alkanes) is 1. The summed E-state index contributed by atoms with van der Waals surface area (Å²) in [7, 11) is 0. The van der Waals surface area contributed by atoms with Gasteiger partial charge in [0.25, 0.3) is 0 Å². The zero-order chi connectivity index (χ0) is 55.4. The van der Waals surface area contributed by atoms with E-state index in [1.54, 1.807) is 34.6 Å². The number of aliphatic hydroxyl groups is 1. The Morgan fingerprint density at radius 1 is 0.575 bits per heavy atom. The molecule has 0 saturated heterocycles. The van der Waals surface area contributed by atoms with Gasteiger partial charge in [-0.2, -0.15) is 0 Å². The highest BCUT2D eigenvalue weighted by Crippen LogP contribution is 2.15. The number of phenols is 1. The van der Waals surface area contributed by atoms with E-state index in [-0.39, 0.29) is 87.5 Å². The summed E-state index contributed by atoms with van der Waals surface area (Å²) in [5, 5.41) is 48.0. The number of hydrogen-bond donors (Lipinski definition) is 16. The number of carboxylic acid groups (broad SMARTS) is 1. The van der Waals surface area contributed by atoms with Gasteiger partial charge in [-0.3, -0.25) is 43.5 Å². The van der Waals surface area contributed by atoms with Crippen molar-refractivity contribution < 1.29 is 53.7 Å². The molecule has 0 aromatic heterocycles. The molecular weight excluding hydrogens is 951 g/mol. The number of carboxylic acids is 1. The summed E-state index contributed by atoms with van der Waals surface area (Å²) in [4.78, 5) is 117. The Balaban J connectivity index is 3.57. The largest absolute Gasteiger partial charge is 0.508 e. The van der Waals surface area contributed by atoms with E-state index in [1.807, 2.05) is 6.92 Å². The monoisotopic (exact) mass is 1030 g/mol. The van der Waals surface area contributed by atoms with Crippen LogP contribution >= 0.6 is 0 Å². The van der Waals surface area contributed by atoms with Gasteiger partial charge in [-0.05, 0) is 93.4 Å². The Kier molecular flexibility index (Phi) is 29.7. The fourth-order valence-corrected chi connectivity index (χ4v) is 7.19. The van der Waals surface area contributed by atoms with Crippen LogP contribution in [0.25, 0.3) is 0 Å². The van der Waals surface area contributed by atoms with Crippen LogP contribution in [-0.2, 0) is 44.8 Å². The van der Waals surface area contributed by atoms with Gasteiger partial charge in [0.1, 0.15) is 48.0 Å². The van der Waals surface area contributed by atoms with Crippen molar-refractivity contribution in [3.63, 3.8) is 0 Å². The molecule has 22 N–H and O–H groups in total. The maximum Gasteiger partial charge on any atom is 0.326 e. The van der Waals surface area contributed by atoms with Gasteiger partial charge >= 0.3 is 5.97 Å². The van der Waals surface area contributed by atoms with Gasteiger partial charge in [-0.25, -0.2) is 4.79 Å². The van der Waals surface area contributed by atoms with Gasteiger partial charge in [-0.15, -0.1) is 0 Å². The van der Waals surface area contributed by atoms with Crippen molar-refractivity contribution in [1.29, 1.82) is 0 Å². The highest BCUT2D eigenvalue weighted by molar-refractivity contribution is 5.97. The van der Waals surface area contributed by atoms with Crippen molar-refractivity contribution in [2.75, 3.05) is 26.2 Å². The SMILES string of the molecule is CC[C@H](C)[C@H](N)C(=O)N[C@@H](CO)C(=O)N[C@@H](Cc1ccc(O)cc1)C(=O)N[C@@H](CC(C)C)C(=O)N[C@@H](CCCN=C(N)N)C(=O)N[C@H](C(=O)N[C@@H](CCCN=C(N)N)C(=O)N[C@@H](CCCCN)C(=O)O)C(C)C. The van der Waals surface area contributed by atoms with Crippen LogP contribution in [0.2, 0.25) is 0 Å². The third-order valence-corrected chi connectivity index (χ3v) is 11.7. The average Bonchev–Trinajstić information content (AvgIpc) is 3.32. The number of carbonyl (C=O) groups is 8. The smallest absolute Gasteiger partial charge is 0.326 e. The Bertz CT molecular complexity index is 2000. The van der Waals surface area contributed by atoms with Gasteiger partial charge in [0.15, 0.2) is 11.9 Å². The summed E-state index contributed by atoms with van der Waals surface area (Å²) in [6.07, 6.45) is 1.66. The number of amides is 7. The molecule has 26 nitrogen and oxygen atoms in total. The molecule has 0 spiro atoms.